The van der Waals surface area contributed by atoms with Gasteiger partial charge in [-0.1, -0.05) is 28.4 Å². The maximum Gasteiger partial charge on any atom is 0.264 e. The predicted octanol–water partition coefficient (Wildman–Crippen LogP) is 2.80. The maximum absolute atomic E-state index is 5.83. The largest absolute Gasteiger partial charge is 0.334 e. The van der Waals surface area contributed by atoms with Crippen LogP contribution in [0.3, 0.4) is 0 Å². The second kappa shape index (κ2) is 3.92. The molecule has 2 aromatic heterocycles. The second-order valence-corrected chi connectivity index (χ2v) is 3.65. The van der Waals surface area contributed by atoms with E-state index >= 15 is 0 Å². The van der Waals surface area contributed by atoms with Gasteiger partial charge in [0, 0.05) is 0 Å². The van der Waals surface area contributed by atoms with E-state index in [0.29, 0.717) is 5.82 Å². The van der Waals surface area contributed by atoms with Crippen LogP contribution in [-0.4, -0.2) is 20.1 Å². The number of hydrogen-bond acceptors (Lipinski definition) is 5. The van der Waals surface area contributed by atoms with Crippen LogP contribution in [0.4, 0.5) is 0 Å². The normalized spacial score (nSPS) is 10.7. The van der Waals surface area contributed by atoms with E-state index in [2.05, 4.69) is 20.1 Å². The van der Waals surface area contributed by atoms with Gasteiger partial charge in [-0.3, -0.25) is 0 Å². The minimum Gasteiger partial charge on any atom is -0.334 e. The molecule has 0 aliphatic rings. The van der Waals surface area contributed by atoms with Crippen molar-refractivity contribution in [2.45, 2.75) is 6.92 Å². The van der Waals surface area contributed by atoms with Gasteiger partial charge in [0.25, 0.3) is 5.89 Å². The van der Waals surface area contributed by atoms with Gasteiger partial charge >= 0.3 is 0 Å². The molecule has 0 aromatic carbocycles. The maximum atomic E-state index is 5.83. The zero-order valence-electron chi connectivity index (χ0n) is 7.33. The molecule has 0 spiro atoms. The summed E-state index contributed by atoms with van der Waals surface area (Å²) in [4.78, 5) is 11.4. The summed E-state index contributed by atoms with van der Waals surface area (Å²) in [5, 5.41) is 3.71. The van der Waals surface area contributed by atoms with Gasteiger partial charge in [-0.15, -0.1) is 0 Å². The van der Waals surface area contributed by atoms with E-state index in [1.165, 1.54) is 0 Å². The molecule has 0 saturated carbocycles. The zero-order valence-corrected chi connectivity index (χ0v) is 9.60. The summed E-state index contributed by atoms with van der Waals surface area (Å²) in [5.74, 6) is 0.631. The van der Waals surface area contributed by atoms with Crippen molar-refractivity contribution in [2.24, 2.45) is 0 Å². The molecule has 2 aromatic rings. The third-order valence-corrected chi connectivity index (χ3v) is 2.25. The van der Waals surface area contributed by atoms with Crippen molar-refractivity contribution in [3.05, 3.63) is 21.4 Å². The summed E-state index contributed by atoms with van der Waals surface area (Å²) >= 11 is 17.2. The van der Waals surface area contributed by atoms with Crippen molar-refractivity contribution in [1.29, 1.82) is 0 Å². The van der Waals surface area contributed by atoms with Crippen LogP contribution < -0.4 is 0 Å². The highest BCUT2D eigenvalue weighted by molar-refractivity contribution is 6.38. The van der Waals surface area contributed by atoms with Gasteiger partial charge < -0.3 is 4.52 Å². The van der Waals surface area contributed by atoms with Crippen molar-refractivity contribution in [3.8, 4) is 11.5 Å². The summed E-state index contributed by atoms with van der Waals surface area (Å²) in [5.41, 5.74) is 0.281. The highest BCUT2D eigenvalue weighted by Crippen LogP contribution is 2.31. The molecule has 0 amide bonds. The molecule has 2 heterocycles. The third kappa shape index (κ3) is 2.04. The summed E-state index contributed by atoms with van der Waals surface area (Å²) < 4.78 is 4.90. The molecule has 0 atom stereocenters. The number of rotatable bonds is 1. The molecular formula is C7H3Cl3N4O. The van der Waals surface area contributed by atoms with E-state index in [1.54, 1.807) is 6.92 Å². The van der Waals surface area contributed by atoms with Crippen molar-refractivity contribution in [2.75, 3.05) is 0 Å². The lowest BCUT2D eigenvalue weighted by Gasteiger charge is -2.00. The first kappa shape index (κ1) is 10.6. The van der Waals surface area contributed by atoms with E-state index in [1.807, 2.05) is 0 Å². The number of aromatic nitrogens is 4. The van der Waals surface area contributed by atoms with E-state index in [-0.39, 0.29) is 27.0 Å². The van der Waals surface area contributed by atoms with E-state index in [9.17, 15) is 0 Å². The fourth-order valence-electron chi connectivity index (χ4n) is 0.959. The first-order valence-electron chi connectivity index (χ1n) is 3.77. The van der Waals surface area contributed by atoms with Gasteiger partial charge in [0.2, 0.25) is 5.28 Å². The second-order valence-electron chi connectivity index (χ2n) is 2.60. The molecule has 2 rings (SSSR count). The SMILES string of the molecule is Cc1noc(-c2c(Cl)nc(Cl)nc2Cl)n1. The molecule has 5 nitrogen and oxygen atoms in total. The smallest absolute Gasteiger partial charge is 0.264 e. The average molecular weight is 265 g/mol. The van der Waals surface area contributed by atoms with Gasteiger partial charge in [-0.25, -0.2) is 9.97 Å². The molecule has 15 heavy (non-hydrogen) atoms. The van der Waals surface area contributed by atoms with Gasteiger partial charge in [0.05, 0.1) is 0 Å². The molecule has 8 heteroatoms. The average Bonchev–Trinajstić information content (AvgIpc) is 2.49. The summed E-state index contributed by atoms with van der Waals surface area (Å²) in [6, 6.07) is 0. The molecule has 0 unspecified atom stereocenters. The molecular weight excluding hydrogens is 262 g/mol. The Balaban J connectivity index is 2.62. The van der Waals surface area contributed by atoms with Crippen LogP contribution in [0.2, 0.25) is 15.6 Å². The Morgan fingerprint density at radius 2 is 1.60 bits per heavy atom. The predicted molar refractivity (Wildman–Crippen MR) is 55.1 cm³/mol. The Morgan fingerprint density at radius 1 is 1.00 bits per heavy atom. The Hall–Kier alpha value is -0.910. The first-order chi connectivity index (χ1) is 7.08. The van der Waals surface area contributed by atoms with E-state index in [0.717, 1.165) is 0 Å². The minimum atomic E-state index is -0.0370. The molecule has 0 N–H and O–H groups in total. The summed E-state index contributed by atoms with van der Waals surface area (Å²) in [6.07, 6.45) is 0. The lowest BCUT2D eigenvalue weighted by Crippen LogP contribution is -1.90. The van der Waals surface area contributed by atoms with Crippen LogP contribution in [0, 0.1) is 6.92 Å². The summed E-state index contributed by atoms with van der Waals surface area (Å²) in [7, 11) is 0. The van der Waals surface area contributed by atoms with Crippen LogP contribution in [-0.2, 0) is 0 Å². The van der Waals surface area contributed by atoms with Crippen LogP contribution in [0.15, 0.2) is 4.52 Å². The first-order valence-corrected chi connectivity index (χ1v) is 4.90. The topological polar surface area (TPSA) is 64.7 Å². The highest BCUT2D eigenvalue weighted by Gasteiger charge is 2.18. The highest BCUT2D eigenvalue weighted by atomic mass is 35.5. The molecule has 0 fully saturated rings. The Kier molecular flexibility index (Phi) is 2.77. The standard InChI is InChI=1S/C7H3Cl3N4O/c1-2-11-6(15-14-2)3-4(8)12-7(10)13-5(3)9/h1H3. The fraction of sp³-hybridized carbons (Fsp3) is 0.143. The Bertz CT molecular complexity index is 490. The lowest BCUT2D eigenvalue weighted by molar-refractivity contribution is 0.425. The number of nitrogens with zero attached hydrogens (tertiary/aromatic N) is 4. The summed E-state index contributed by atoms with van der Waals surface area (Å²) in [6.45, 7) is 1.67. The van der Waals surface area contributed by atoms with Crippen LogP contribution >= 0.6 is 34.8 Å². The molecule has 0 saturated heterocycles. The number of halogens is 3. The quantitative estimate of drug-likeness (QED) is 0.586. The van der Waals surface area contributed by atoms with Crippen molar-refractivity contribution >= 4 is 34.8 Å². The number of aryl methyl sites for hydroxylation is 1. The zero-order chi connectivity index (χ0) is 11.0. The molecule has 0 aliphatic carbocycles. The van der Waals surface area contributed by atoms with Crippen LogP contribution in [0.5, 0.6) is 0 Å². The van der Waals surface area contributed by atoms with E-state index < -0.39 is 0 Å². The Labute approximate surface area is 99.4 Å². The minimum absolute atomic E-state index is 0.0370. The van der Waals surface area contributed by atoms with Crippen LogP contribution in [0.1, 0.15) is 5.82 Å². The van der Waals surface area contributed by atoms with Crippen molar-refractivity contribution < 1.29 is 4.52 Å². The fourth-order valence-corrected chi connectivity index (χ4v) is 1.76. The monoisotopic (exact) mass is 264 g/mol. The molecule has 78 valence electrons. The van der Waals surface area contributed by atoms with Crippen LogP contribution in [0.25, 0.3) is 11.5 Å². The van der Waals surface area contributed by atoms with Crippen molar-refractivity contribution in [1.82, 2.24) is 20.1 Å². The Morgan fingerprint density at radius 3 is 2.07 bits per heavy atom. The molecule has 0 aliphatic heterocycles. The lowest BCUT2D eigenvalue weighted by atomic mass is 10.3. The van der Waals surface area contributed by atoms with Gasteiger partial charge in [0.1, 0.15) is 15.9 Å². The molecule has 0 bridgehead atoms. The van der Waals surface area contributed by atoms with Gasteiger partial charge in [-0.05, 0) is 18.5 Å². The molecule has 0 radical (unpaired) electrons. The third-order valence-electron chi connectivity index (χ3n) is 1.53. The van der Waals surface area contributed by atoms with Crippen molar-refractivity contribution in [3.63, 3.8) is 0 Å². The number of hydrogen-bond donors (Lipinski definition) is 0. The van der Waals surface area contributed by atoms with Gasteiger partial charge in [-0.2, -0.15) is 4.98 Å². The van der Waals surface area contributed by atoms with Gasteiger partial charge in [0.15, 0.2) is 5.82 Å². The van der Waals surface area contributed by atoms with E-state index in [4.69, 9.17) is 39.3 Å².